The molecule has 0 spiro atoms. The van der Waals surface area contributed by atoms with Crippen LogP contribution in [0, 0.1) is 5.41 Å². The topological polar surface area (TPSA) is 18.5 Å². The van der Waals surface area contributed by atoms with Gasteiger partial charge in [0.25, 0.3) is 0 Å². The summed E-state index contributed by atoms with van der Waals surface area (Å²) in [4.78, 5) is 0. The summed E-state index contributed by atoms with van der Waals surface area (Å²) < 4.78 is 11.8. The molecule has 0 amide bonds. The zero-order chi connectivity index (χ0) is 16.8. The first-order valence-corrected chi connectivity index (χ1v) is 8.59. The summed E-state index contributed by atoms with van der Waals surface area (Å²) >= 11 is 0. The zero-order valence-corrected chi connectivity index (χ0v) is 15.6. The van der Waals surface area contributed by atoms with Crippen molar-refractivity contribution in [1.82, 2.24) is 0 Å². The maximum absolute atomic E-state index is 5.99. The normalized spacial score (nSPS) is 12.3. The van der Waals surface area contributed by atoms with Gasteiger partial charge in [0.05, 0.1) is 13.2 Å². The number of ether oxygens (including phenoxy) is 2. The summed E-state index contributed by atoms with van der Waals surface area (Å²) in [6, 6.07) is 6.27. The zero-order valence-electron chi connectivity index (χ0n) is 15.6. The molecular formula is C20H34O2. The van der Waals surface area contributed by atoms with Gasteiger partial charge in [-0.05, 0) is 48.3 Å². The van der Waals surface area contributed by atoms with E-state index in [0.717, 1.165) is 44.0 Å². The smallest absolute Gasteiger partial charge is 0.123 e. The average Bonchev–Trinajstić information content (AvgIpc) is 2.40. The minimum Gasteiger partial charge on any atom is -0.494 e. The second kappa shape index (κ2) is 7.89. The number of benzene rings is 1. The van der Waals surface area contributed by atoms with Crippen molar-refractivity contribution in [2.24, 2.45) is 5.41 Å². The Morgan fingerprint density at radius 1 is 0.864 bits per heavy atom. The third-order valence-electron chi connectivity index (χ3n) is 3.59. The van der Waals surface area contributed by atoms with Gasteiger partial charge in [0.2, 0.25) is 0 Å². The maximum atomic E-state index is 5.99. The monoisotopic (exact) mass is 306 g/mol. The standard InChI is InChI=1S/C20H34O2/c1-8-12-21-16-10-11-18(22-13-9-2)17(14-16)20(6,7)15-19(3,4)5/h10-11,14H,8-9,12-13,15H2,1-7H3. The van der Waals surface area contributed by atoms with E-state index >= 15 is 0 Å². The molecule has 1 rings (SSSR count). The molecule has 0 atom stereocenters. The van der Waals surface area contributed by atoms with Crippen molar-refractivity contribution in [3.63, 3.8) is 0 Å². The maximum Gasteiger partial charge on any atom is 0.123 e. The molecule has 1 aromatic carbocycles. The van der Waals surface area contributed by atoms with Gasteiger partial charge in [-0.15, -0.1) is 0 Å². The second-order valence-corrected chi connectivity index (χ2v) is 7.98. The summed E-state index contributed by atoms with van der Waals surface area (Å²) in [5, 5.41) is 0. The van der Waals surface area contributed by atoms with Gasteiger partial charge in [-0.2, -0.15) is 0 Å². The molecule has 0 fully saturated rings. The number of rotatable bonds is 8. The lowest BCUT2D eigenvalue weighted by Crippen LogP contribution is -2.25. The molecule has 0 bridgehead atoms. The summed E-state index contributed by atoms with van der Waals surface area (Å²) in [7, 11) is 0. The fourth-order valence-electron chi connectivity index (χ4n) is 3.11. The predicted molar refractivity (Wildman–Crippen MR) is 95.1 cm³/mol. The van der Waals surface area contributed by atoms with E-state index in [2.05, 4.69) is 60.6 Å². The van der Waals surface area contributed by atoms with Crippen LogP contribution in [-0.4, -0.2) is 13.2 Å². The molecule has 1 aromatic rings. The average molecular weight is 306 g/mol. The molecule has 0 aliphatic carbocycles. The van der Waals surface area contributed by atoms with Crippen LogP contribution in [0.15, 0.2) is 18.2 Å². The van der Waals surface area contributed by atoms with Crippen LogP contribution in [0.3, 0.4) is 0 Å². The van der Waals surface area contributed by atoms with Crippen LogP contribution in [-0.2, 0) is 5.41 Å². The fourth-order valence-corrected chi connectivity index (χ4v) is 3.11. The minimum absolute atomic E-state index is 0.0485. The van der Waals surface area contributed by atoms with Crippen molar-refractivity contribution in [3.8, 4) is 11.5 Å². The Balaban J connectivity index is 3.13. The third-order valence-corrected chi connectivity index (χ3v) is 3.59. The fraction of sp³-hybridized carbons (Fsp3) is 0.700. The summed E-state index contributed by atoms with van der Waals surface area (Å²) in [5.41, 5.74) is 1.57. The van der Waals surface area contributed by atoms with Crippen LogP contribution in [0.2, 0.25) is 0 Å². The lowest BCUT2D eigenvalue weighted by Gasteiger charge is -2.34. The molecule has 0 aromatic heterocycles. The number of hydrogen-bond acceptors (Lipinski definition) is 2. The third kappa shape index (κ3) is 5.90. The van der Waals surface area contributed by atoms with E-state index in [9.17, 15) is 0 Å². The first kappa shape index (κ1) is 18.9. The highest BCUT2D eigenvalue weighted by Gasteiger charge is 2.30. The summed E-state index contributed by atoms with van der Waals surface area (Å²) in [6.45, 7) is 17.3. The molecule has 126 valence electrons. The largest absolute Gasteiger partial charge is 0.494 e. The highest BCUT2D eigenvalue weighted by atomic mass is 16.5. The van der Waals surface area contributed by atoms with Crippen LogP contribution in [0.5, 0.6) is 11.5 Å². The first-order chi connectivity index (χ1) is 10.2. The SMILES string of the molecule is CCCOc1ccc(OCCC)c(C(C)(C)CC(C)(C)C)c1. The molecule has 0 aliphatic rings. The molecule has 0 saturated carbocycles. The molecule has 0 N–H and O–H groups in total. The van der Waals surface area contributed by atoms with Gasteiger partial charge in [0.1, 0.15) is 11.5 Å². The second-order valence-electron chi connectivity index (χ2n) is 7.98. The summed E-state index contributed by atoms with van der Waals surface area (Å²) in [6.07, 6.45) is 3.14. The molecule has 0 aliphatic heterocycles. The van der Waals surface area contributed by atoms with Crippen molar-refractivity contribution in [1.29, 1.82) is 0 Å². The van der Waals surface area contributed by atoms with Crippen molar-refractivity contribution >= 4 is 0 Å². The molecule has 0 radical (unpaired) electrons. The van der Waals surface area contributed by atoms with Gasteiger partial charge in [0, 0.05) is 5.56 Å². The quantitative estimate of drug-likeness (QED) is 0.588. The van der Waals surface area contributed by atoms with Gasteiger partial charge in [-0.3, -0.25) is 0 Å². The van der Waals surface area contributed by atoms with Gasteiger partial charge in [-0.1, -0.05) is 48.5 Å². The summed E-state index contributed by atoms with van der Waals surface area (Å²) in [5.74, 6) is 1.95. The van der Waals surface area contributed by atoms with Gasteiger partial charge in [0.15, 0.2) is 0 Å². The lowest BCUT2D eigenvalue weighted by atomic mass is 9.72. The van der Waals surface area contributed by atoms with Crippen molar-refractivity contribution < 1.29 is 9.47 Å². The van der Waals surface area contributed by atoms with Gasteiger partial charge >= 0.3 is 0 Å². The van der Waals surface area contributed by atoms with E-state index in [1.807, 2.05) is 6.07 Å². The highest BCUT2D eigenvalue weighted by Crippen LogP contribution is 2.41. The van der Waals surface area contributed by atoms with Crippen LogP contribution >= 0.6 is 0 Å². The van der Waals surface area contributed by atoms with Crippen LogP contribution in [0.25, 0.3) is 0 Å². The van der Waals surface area contributed by atoms with E-state index in [-0.39, 0.29) is 10.8 Å². The van der Waals surface area contributed by atoms with Crippen LogP contribution in [0.1, 0.15) is 73.3 Å². The molecule has 22 heavy (non-hydrogen) atoms. The van der Waals surface area contributed by atoms with Crippen LogP contribution < -0.4 is 9.47 Å². The van der Waals surface area contributed by atoms with E-state index in [1.54, 1.807) is 0 Å². The first-order valence-electron chi connectivity index (χ1n) is 8.59. The molecule has 0 heterocycles. The van der Waals surface area contributed by atoms with Crippen molar-refractivity contribution in [2.45, 2.75) is 73.1 Å². The Morgan fingerprint density at radius 2 is 1.45 bits per heavy atom. The van der Waals surface area contributed by atoms with E-state index in [0.29, 0.717) is 0 Å². The molecular weight excluding hydrogens is 272 g/mol. The van der Waals surface area contributed by atoms with Gasteiger partial charge in [-0.25, -0.2) is 0 Å². The number of hydrogen-bond donors (Lipinski definition) is 0. The van der Waals surface area contributed by atoms with E-state index in [4.69, 9.17) is 9.47 Å². The highest BCUT2D eigenvalue weighted by molar-refractivity contribution is 5.44. The molecule has 0 unspecified atom stereocenters. The Bertz CT molecular complexity index is 455. The molecule has 2 nitrogen and oxygen atoms in total. The Morgan fingerprint density at radius 3 is 2.00 bits per heavy atom. The molecule has 0 saturated heterocycles. The Labute approximate surface area is 137 Å². The van der Waals surface area contributed by atoms with E-state index < -0.39 is 0 Å². The van der Waals surface area contributed by atoms with E-state index in [1.165, 1.54) is 5.56 Å². The minimum atomic E-state index is 0.0485. The Hall–Kier alpha value is -1.18. The Kier molecular flexibility index (Phi) is 6.77. The van der Waals surface area contributed by atoms with Crippen molar-refractivity contribution in [2.75, 3.05) is 13.2 Å². The van der Waals surface area contributed by atoms with Crippen molar-refractivity contribution in [3.05, 3.63) is 23.8 Å². The van der Waals surface area contributed by atoms with Gasteiger partial charge < -0.3 is 9.47 Å². The predicted octanol–water partition coefficient (Wildman–Crippen LogP) is 5.98. The lowest BCUT2D eigenvalue weighted by molar-refractivity contribution is 0.263. The van der Waals surface area contributed by atoms with Crippen LogP contribution in [0.4, 0.5) is 0 Å². The molecule has 2 heteroatoms.